The minimum absolute atomic E-state index is 0.155. The molecule has 0 saturated carbocycles. The van der Waals surface area contributed by atoms with Gasteiger partial charge < -0.3 is 52.5 Å². The summed E-state index contributed by atoms with van der Waals surface area (Å²) in [6.07, 6.45) is -9.35. The molecule has 3 aliphatic heterocycles. The first-order chi connectivity index (χ1) is 28.7. The van der Waals surface area contributed by atoms with Gasteiger partial charge in [0.2, 0.25) is 8.32 Å². The van der Waals surface area contributed by atoms with E-state index in [0.29, 0.717) is 0 Å². The van der Waals surface area contributed by atoms with Crippen LogP contribution in [0.2, 0.25) is 11.1 Å². The second-order valence-corrected chi connectivity index (χ2v) is 21.0. The molecule has 0 radical (unpaired) electrons. The van der Waals surface area contributed by atoms with Gasteiger partial charge in [-0.1, -0.05) is 143 Å². The van der Waals surface area contributed by atoms with Crippen molar-refractivity contribution in [1.29, 1.82) is 0 Å². The van der Waals surface area contributed by atoms with Crippen molar-refractivity contribution in [2.75, 3.05) is 20.3 Å². The van der Waals surface area contributed by atoms with Gasteiger partial charge in [0.25, 0.3) is 0 Å². The largest absolute Gasteiger partial charge is 0.409 e. The Morgan fingerprint density at radius 3 is 1.76 bits per heavy atom. The summed E-state index contributed by atoms with van der Waals surface area (Å²) in [5, 5.41) is 23.5. The van der Waals surface area contributed by atoms with Crippen LogP contribution in [0.15, 0.2) is 115 Å². The van der Waals surface area contributed by atoms with Crippen molar-refractivity contribution in [1.82, 2.24) is 0 Å². The second kappa shape index (κ2) is 20.5. The molecule has 11 nitrogen and oxygen atoms in total. The molecule has 318 valence electrons. The van der Waals surface area contributed by atoms with Gasteiger partial charge in [-0.15, -0.1) is 0 Å². The van der Waals surface area contributed by atoms with Gasteiger partial charge in [0.1, 0.15) is 48.8 Å². The topological polar surface area (TPSA) is 124 Å². The molecule has 3 aliphatic rings. The molecule has 0 unspecified atom stereocenters. The van der Waals surface area contributed by atoms with Crippen LogP contribution in [-0.4, -0.2) is 100 Å². The van der Waals surface area contributed by atoms with Crippen LogP contribution in [0.3, 0.4) is 0 Å². The molecule has 2 saturated heterocycles. The van der Waals surface area contributed by atoms with E-state index in [2.05, 4.69) is 39.8 Å². The standard InChI is InChI=1S/C47H60O11Si/c1-31(2)59(32(3)4)37-23-15-22-36(24-37)29-51-42-40(49)38(25-48)56-47(44(42)53-27-34-18-11-7-12-19-34)58-41-39(30-55-59)57-46(50-5)45(54-28-35-20-13-8-14-21-35)43(41)52-26-33-16-9-6-10-17-33/h6-24,31-32,38-49H,25-30H2,1-5H3/t38-,39-,40-,41-,42+,43+,44-,45-,46+,47+/m1/s1. The van der Waals surface area contributed by atoms with E-state index in [1.165, 1.54) is 0 Å². The van der Waals surface area contributed by atoms with Gasteiger partial charge in [-0.2, -0.15) is 0 Å². The molecule has 3 heterocycles. The Hall–Kier alpha value is -3.34. The highest BCUT2D eigenvalue weighted by Crippen LogP contribution is 2.38. The quantitative estimate of drug-likeness (QED) is 0.151. The third-order valence-electron chi connectivity index (χ3n) is 11.8. The molecule has 12 heteroatoms. The fraction of sp³-hybridized carbons (Fsp3) is 0.489. The first kappa shape index (κ1) is 43.7. The maximum atomic E-state index is 11.8. The minimum Gasteiger partial charge on any atom is -0.409 e. The molecule has 7 rings (SSSR count). The number of hydrogen-bond donors (Lipinski definition) is 2. The van der Waals surface area contributed by atoms with Crippen LogP contribution >= 0.6 is 0 Å². The summed E-state index contributed by atoms with van der Waals surface area (Å²) in [6, 6.07) is 38.0. The molecule has 59 heavy (non-hydrogen) atoms. The van der Waals surface area contributed by atoms with Crippen molar-refractivity contribution in [3.05, 3.63) is 138 Å². The highest BCUT2D eigenvalue weighted by Gasteiger charge is 2.55. The zero-order valence-corrected chi connectivity index (χ0v) is 35.7. The van der Waals surface area contributed by atoms with E-state index in [1.54, 1.807) is 7.11 Å². The number of hydrogen-bond acceptors (Lipinski definition) is 11. The van der Waals surface area contributed by atoms with Crippen molar-refractivity contribution in [3.63, 3.8) is 0 Å². The summed E-state index contributed by atoms with van der Waals surface area (Å²) in [7, 11) is -1.17. The number of rotatable bonds is 13. The van der Waals surface area contributed by atoms with Gasteiger partial charge in [0, 0.05) is 7.11 Å². The lowest BCUT2D eigenvalue weighted by Crippen LogP contribution is -2.67. The Morgan fingerprint density at radius 1 is 0.661 bits per heavy atom. The van der Waals surface area contributed by atoms with Crippen molar-refractivity contribution in [3.8, 4) is 0 Å². The number of aliphatic hydroxyl groups excluding tert-OH is 2. The minimum atomic E-state index is -2.77. The molecule has 2 fully saturated rings. The molecule has 0 amide bonds. The van der Waals surface area contributed by atoms with E-state index in [1.807, 2.05) is 103 Å². The average Bonchev–Trinajstić information content (AvgIpc) is 3.25. The second-order valence-electron chi connectivity index (χ2n) is 16.3. The van der Waals surface area contributed by atoms with E-state index in [4.69, 9.17) is 42.3 Å². The van der Waals surface area contributed by atoms with Crippen LogP contribution in [0.5, 0.6) is 0 Å². The molecule has 0 aliphatic carbocycles. The van der Waals surface area contributed by atoms with Crippen LogP contribution in [0.1, 0.15) is 49.9 Å². The van der Waals surface area contributed by atoms with Gasteiger partial charge in [-0.05, 0) is 38.5 Å². The van der Waals surface area contributed by atoms with Crippen molar-refractivity contribution in [2.24, 2.45) is 0 Å². The maximum absolute atomic E-state index is 11.8. The summed E-state index contributed by atoms with van der Waals surface area (Å²) in [5.41, 5.74) is 4.15. The SMILES string of the molecule is CO[C@H]1O[C@@H]2CO[Si](C(C)C)(C(C)C)c3cccc(c3)CO[C@H]3[C@H](O)[C@@H](CO)O[C@@H](O[C@H]2[C@H](OCc2ccccc2)[C@H]1OCc1ccccc1)[C@@H]3OCc1ccccc1. The highest BCUT2D eigenvalue weighted by molar-refractivity contribution is 6.88. The molecule has 10 atom stereocenters. The fourth-order valence-electron chi connectivity index (χ4n) is 8.77. The predicted molar refractivity (Wildman–Crippen MR) is 224 cm³/mol. The summed E-state index contributed by atoms with van der Waals surface area (Å²) in [4.78, 5) is 0. The first-order valence-electron chi connectivity index (χ1n) is 20.8. The Kier molecular flexibility index (Phi) is 15.2. The number of ether oxygens (including phenoxy) is 8. The number of aliphatic hydroxyl groups is 2. The maximum Gasteiger partial charge on any atom is 0.229 e. The van der Waals surface area contributed by atoms with Gasteiger partial charge in [0.05, 0.1) is 39.6 Å². The molecule has 0 aromatic heterocycles. The van der Waals surface area contributed by atoms with E-state index in [9.17, 15) is 10.2 Å². The van der Waals surface area contributed by atoms with Crippen molar-refractivity contribution < 1.29 is 52.5 Å². The lowest BCUT2D eigenvalue weighted by Gasteiger charge is -2.50. The third kappa shape index (κ3) is 10.1. The fourth-order valence-corrected chi connectivity index (χ4v) is 13.5. The van der Waals surface area contributed by atoms with Crippen LogP contribution in [-0.2, 0) is 68.7 Å². The Balaban J connectivity index is 1.34. The number of fused-ring (bicyclic) bond motifs is 5. The van der Waals surface area contributed by atoms with Crippen LogP contribution in [0.25, 0.3) is 0 Å². The van der Waals surface area contributed by atoms with Crippen LogP contribution in [0, 0.1) is 0 Å². The zero-order valence-electron chi connectivity index (χ0n) is 34.7. The van der Waals surface area contributed by atoms with Gasteiger partial charge in [-0.25, -0.2) is 0 Å². The van der Waals surface area contributed by atoms with E-state index in [0.717, 1.165) is 27.4 Å². The Morgan fingerprint density at radius 2 is 1.22 bits per heavy atom. The zero-order chi connectivity index (χ0) is 41.4. The predicted octanol–water partition coefficient (Wildman–Crippen LogP) is 6.17. The lowest BCUT2D eigenvalue weighted by atomic mass is 9.96. The van der Waals surface area contributed by atoms with Crippen molar-refractivity contribution >= 4 is 13.5 Å². The lowest BCUT2D eigenvalue weighted by molar-refractivity contribution is -0.372. The molecule has 4 bridgehead atoms. The van der Waals surface area contributed by atoms with E-state index in [-0.39, 0.29) is 44.1 Å². The number of methoxy groups -OCH3 is 1. The smallest absolute Gasteiger partial charge is 0.229 e. The normalized spacial score (nSPS) is 29.8. The molecular formula is C47H60O11Si. The van der Waals surface area contributed by atoms with Gasteiger partial charge in [0.15, 0.2) is 12.6 Å². The van der Waals surface area contributed by atoms with Crippen LogP contribution in [0.4, 0.5) is 0 Å². The molecule has 4 aromatic rings. The highest BCUT2D eigenvalue weighted by atomic mass is 28.4. The van der Waals surface area contributed by atoms with Gasteiger partial charge in [-0.3, -0.25) is 0 Å². The molecule has 0 spiro atoms. The summed E-state index contributed by atoms with van der Waals surface area (Å²) >= 11 is 0. The number of benzene rings is 4. The van der Waals surface area contributed by atoms with Gasteiger partial charge >= 0.3 is 0 Å². The summed E-state index contributed by atoms with van der Waals surface area (Å²) < 4.78 is 60.9. The monoisotopic (exact) mass is 828 g/mol. The Labute approximate surface area is 349 Å². The first-order valence-corrected chi connectivity index (χ1v) is 22.9. The summed E-state index contributed by atoms with van der Waals surface area (Å²) in [6.45, 7) is 9.45. The Bertz CT molecular complexity index is 1840. The third-order valence-corrected chi connectivity index (χ3v) is 17.1. The molecule has 2 N–H and O–H groups in total. The molecule has 4 aromatic carbocycles. The molecular weight excluding hydrogens is 769 g/mol. The van der Waals surface area contributed by atoms with Crippen LogP contribution < -0.4 is 5.19 Å². The average molecular weight is 829 g/mol. The van der Waals surface area contributed by atoms with Crippen molar-refractivity contribution in [2.45, 2.75) is 127 Å². The van der Waals surface area contributed by atoms with E-state index >= 15 is 0 Å². The summed E-state index contributed by atoms with van der Waals surface area (Å²) in [5.74, 6) is 0. The van der Waals surface area contributed by atoms with E-state index < -0.39 is 76.3 Å².